The first kappa shape index (κ1) is 20.2. The highest BCUT2D eigenvalue weighted by Crippen LogP contribution is 2.61. The van der Waals surface area contributed by atoms with Gasteiger partial charge in [0.25, 0.3) is 0 Å². The van der Waals surface area contributed by atoms with Gasteiger partial charge in [0.1, 0.15) is 0 Å². The summed E-state index contributed by atoms with van der Waals surface area (Å²) in [6, 6.07) is 8.31. The molecule has 4 fully saturated rings. The van der Waals surface area contributed by atoms with E-state index in [9.17, 15) is 9.00 Å². The highest BCUT2D eigenvalue weighted by molar-refractivity contribution is 7.84. The lowest BCUT2D eigenvalue weighted by Gasteiger charge is -2.56. The second kappa shape index (κ2) is 7.32. The van der Waals surface area contributed by atoms with Gasteiger partial charge in [-0.25, -0.2) is 13.3 Å². The monoisotopic (exact) mass is 405 g/mol. The number of hydrogen-bond donors (Lipinski definition) is 1. The Kier molecular flexibility index (Phi) is 5.28. The van der Waals surface area contributed by atoms with Crippen LogP contribution in [-0.2, 0) is 15.8 Å². The molecule has 1 unspecified atom stereocenters. The number of carbonyl (C=O) groups excluding carboxylic acids is 1. The predicted molar refractivity (Wildman–Crippen MR) is 111 cm³/mol. The van der Waals surface area contributed by atoms with Crippen molar-refractivity contribution in [2.75, 3.05) is 0 Å². The van der Waals surface area contributed by atoms with E-state index in [0.717, 1.165) is 19.3 Å². The number of ketones is 1. The Bertz CT molecular complexity index is 722. The minimum Gasteiger partial charge on any atom is -0.296 e. The summed E-state index contributed by atoms with van der Waals surface area (Å²) in [4.78, 5) is 13.5. The van der Waals surface area contributed by atoms with E-state index >= 15 is 4.39 Å². The summed E-state index contributed by atoms with van der Waals surface area (Å²) in [6.45, 7) is 5.56. The van der Waals surface area contributed by atoms with Crippen LogP contribution in [0.4, 0.5) is 4.39 Å². The first-order chi connectivity index (χ1) is 13.2. The summed E-state index contributed by atoms with van der Waals surface area (Å²) in [5.74, 6) is 1.52. The smallest absolute Gasteiger partial charge is 0.179 e. The van der Waals surface area contributed by atoms with Crippen LogP contribution in [0, 0.1) is 23.2 Å². The van der Waals surface area contributed by atoms with Gasteiger partial charge in [-0.3, -0.25) is 4.79 Å². The second-order valence-electron chi connectivity index (χ2n) is 10.4. The Balaban J connectivity index is 1.61. The molecule has 0 spiro atoms. The minimum atomic E-state index is -1.68. The average Bonchev–Trinajstić information content (AvgIpc) is 2.63. The Morgan fingerprint density at radius 3 is 2.04 bits per heavy atom. The molecule has 0 amide bonds. The topological polar surface area (TPSA) is 46.2 Å². The number of nitrogens with one attached hydrogen (secondary N) is 1. The largest absolute Gasteiger partial charge is 0.296 e. The van der Waals surface area contributed by atoms with Gasteiger partial charge in [-0.05, 0) is 82.6 Å². The van der Waals surface area contributed by atoms with Crippen LogP contribution in [0.2, 0.25) is 0 Å². The fourth-order valence-corrected chi connectivity index (χ4v) is 6.95. The van der Waals surface area contributed by atoms with E-state index in [0.29, 0.717) is 23.3 Å². The molecule has 0 aliphatic heterocycles. The molecule has 1 aromatic carbocycles. The molecular weight excluding hydrogens is 373 g/mol. The normalized spacial score (nSPS) is 34.8. The maximum atomic E-state index is 15.9. The fraction of sp³-hybridized carbons (Fsp3) is 0.696. The number of alkyl halides is 1. The molecular formula is C23H32FNO2S. The number of rotatable bonds is 6. The van der Waals surface area contributed by atoms with Crippen molar-refractivity contribution in [3.8, 4) is 0 Å². The molecule has 5 heteroatoms. The summed E-state index contributed by atoms with van der Waals surface area (Å²) < 4.78 is 31.0. The van der Waals surface area contributed by atoms with Crippen molar-refractivity contribution >= 4 is 16.8 Å². The van der Waals surface area contributed by atoms with Crippen molar-refractivity contribution in [3.63, 3.8) is 0 Å². The summed E-state index contributed by atoms with van der Waals surface area (Å²) in [6.07, 6.45) is 4.53. The van der Waals surface area contributed by atoms with Crippen molar-refractivity contribution in [2.45, 2.75) is 76.3 Å². The number of hydrogen-bond acceptors (Lipinski definition) is 2. The van der Waals surface area contributed by atoms with E-state index in [-0.39, 0.29) is 5.78 Å². The molecule has 154 valence electrons. The van der Waals surface area contributed by atoms with E-state index in [2.05, 4.69) is 4.72 Å². The molecule has 4 bridgehead atoms. The average molecular weight is 406 g/mol. The minimum absolute atomic E-state index is 0.251. The van der Waals surface area contributed by atoms with Crippen LogP contribution in [0.3, 0.4) is 0 Å². The van der Waals surface area contributed by atoms with Crippen LogP contribution in [-0.4, -0.2) is 20.9 Å². The van der Waals surface area contributed by atoms with Crippen molar-refractivity contribution in [1.82, 2.24) is 4.72 Å². The van der Waals surface area contributed by atoms with Gasteiger partial charge in [0.2, 0.25) is 0 Å². The maximum Gasteiger partial charge on any atom is 0.179 e. The van der Waals surface area contributed by atoms with Crippen molar-refractivity contribution in [3.05, 3.63) is 35.9 Å². The lowest BCUT2D eigenvalue weighted by molar-refractivity contribution is -0.150. The molecule has 5 rings (SSSR count). The van der Waals surface area contributed by atoms with Crippen LogP contribution < -0.4 is 4.72 Å². The standard InChI is InChI=1S/C23H32FNO2S/c1-22(2,3)28(27)25-20(18-7-5-4-6-8-18)19(24)21(26)23-12-15-9-16(13-23)11-17(10-15)14-23/h4-8,15-17,19-20,25H,9-14H2,1-3H3/t15?,16?,17?,19-,20+,23?,28?/m0/s1. The second-order valence-corrected chi connectivity index (χ2v) is 12.3. The molecule has 0 saturated heterocycles. The van der Waals surface area contributed by atoms with Gasteiger partial charge in [0.15, 0.2) is 12.0 Å². The molecule has 1 aromatic rings. The van der Waals surface area contributed by atoms with E-state index < -0.39 is 33.4 Å². The number of halogens is 1. The molecule has 4 saturated carbocycles. The van der Waals surface area contributed by atoms with Gasteiger partial charge in [0, 0.05) is 5.41 Å². The first-order valence-corrected chi connectivity index (χ1v) is 11.7. The predicted octanol–water partition coefficient (Wildman–Crippen LogP) is 4.90. The Labute approximate surface area is 170 Å². The summed E-state index contributed by atoms with van der Waals surface area (Å²) in [5.41, 5.74) is 0.192. The van der Waals surface area contributed by atoms with E-state index in [1.807, 2.05) is 51.1 Å². The zero-order chi connectivity index (χ0) is 20.1. The Morgan fingerprint density at radius 2 is 1.57 bits per heavy atom. The van der Waals surface area contributed by atoms with Crippen LogP contribution >= 0.6 is 0 Å². The third-order valence-electron chi connectivity index (χ3n) is 7.05. The van der Waals surface area contributed by atoms with E-state index in [4.69, 9.17) is 0 Å². The van der Waals surface area contributed by atoms with Gasteiger partial charge in [-0.15, -0.1) is 0 Å². The Morgan fingerprint density at radius 1 is 1.07 bits per heavy atom. The zero-order valence-electron chi connectivity index (χ0n) is 17.1. The quantitative estimate of drug-likeness (QED) is 0.731. The molecule has 4 aliphatic carbocycles. The first-order valence-electron chi connectivity index (χ1n) is 10.6. The van der Waals surface area contributed by atoms with Gasteiger partial charge in [0.05, 0.1) is 21.8 Å². The van der Waals surface area contributed by atoms with Gasteiger partial charge in [-0.1, -0.05) is 30.3 Å². The highest BCUT2D eigenvalue weighted by atomic mass is 32.2. The van der Waals surface area contributed by atoms with Crippen LogP contribution in [0.5, 0.6) is 0 Å². The van der Waals surface area contributed by atoms with Crippen molar-refractivity contribution in [1.29, 1.82) is 0 Å². The van der Waals surface area contributed by atoms with Crippen LogP contribution in [0.15, 0.2) is 30.3 Å². The van der Waals surface area contributed by atoms with Crippen LogP contribution in [0.25, 0.3) is 0 Å². The molecule has 1 N–H and O–H groups in total. The number of carbonyl (C=O) groups is 1. The molecule has 0 heterocycles. The van der Waals surface area contributed by atoms with Crippen molar-refractivity contribution < 1.29 is 13.4 Å². The third kappa shape index (κ3) is 3.72. The summed E-state index contributed by atoms with van der Waals surface area (Å²) >= 11 is 0. The van der Waals surface area contributed by atoms with Crippen LogP contribution in [0.1, 0.15) is 70.9 Å². The SMILES string of the molecule is CC(C)(C)S(=O)N[C@H](c1ccccc1)[C@H](F)C(=O)C12CC3CC(CC(C3)C1)C2. The zero-order valence-corrected chi connectivity index (χ0v) is 17.9. The molecule has 4 aliphatic rings. The van der Waals surface area contributed by atoms with Gasteiger partial charge < -0.3 is 0 Å². The lowest BCUT2D eigenvalue weighted by atomic mass is 9.48. The molecule has 3 nitrogen and oxygen atoms in total. The molecule has 0 aromatic heterocycles. The van der Waals surface area contributed by atoms with E-state index in [1.165, 1.54) is 19.3 Å². The van der Waals surface area contributed by atoms with E-state index in [1.54, 1.807) is 0 Å². The fourth-order valence-electron chi connectivity index (χ4n) is 6.11. The lowest BCUT2D eigenvalue weighted by Crippen LogP contribution is -2.54. The highest BCUT2D eigenvalue weighted by Gasteiger charge is 2.56. The Hall–Kier alpha value is -1.07. The molecule has 28 heavy (non-hydrogen) atoms. The summed E-state index contributed by atoms with van der Waals surface area (Å²) in [5, 5.41) is 0. The molecule has 0 radical (unpaired) electrons. The third-order valence-corrected chi connectivity index (χ3v) is 8.63. The number of benzene rings is 1. The molecule has 3 atom stereocenters. The summed E-state index contributed by atoms with van der Waals surface area (Å²) in [7, 11) is -1.46. The maximum absolute atomic E-state index is 15.9. The van der Waals surface area contributed by atoms with Gasteiger partial charge in [-0.2, -0.15) is 0 Å². The van der Waals surface area contributed by atoms with Gasteiger partial charge >= 0.3 is 0 Å². The van der Waals surface area contributed by atoms with Crippen molar-refractivity contribution in [2.24, 2.45) is 23.2 Å². The number of Topliss-reactive ketones (excluding diaryl/α,β-unsaturated/α-hetero) is 1.